The third-order valence-electron chi connectivity index (χ3n) is 8.43. The zero-order valence-corrected chi connectivity index (χ0v) is 19.5. The number of hydrogen-bond acceptors (Lipinski definition) is 4. The standard InChI is InChI=1S/C24H35NO3Si/c1-22-10-7-19-18-8-12-24(26-13-14-27-24)15-17(18)5-6-20(19)21(22)9-11-23(22,16-25)28-29(2,3)4/h7,20-21H,5-6,8-15H2,1-4H3/t20-,21+,22+,23?/m1/s1. The predicted molar refractivity (Wildman–Crippen MR) is 115 cm³/mol. The molecular formula is C24H35NO3Si. The van der Waals surface area contributed by atoms with Crippen LogP contribution in [0.25, 0.3) is 0 Å². The molecular weight excluding hydrogens is 378 g/mol. The van der Waals surface area contributed by atoms with Crippen LogP contribution in [0.1, 0.15) is 58.3 Å². The van der Waals surface area contributed by atoms with E-state index in [4.69, 9.17) is 13.9 Å². The molecule has 0 aromatic heterocycles. The fraction of sp³-hybridized carbons (Fsp3) is 0.792. The van der Waals surface area contributed by atoms with Gasteiger partial charge in [0.1, 0.15) is 5.60 Å². The molecule has 1 saturated carbocycles. The molecule has 0 aromatic carbocycles. The van der Waals surface area contributed by atoms with Gasteiger partial charge in [0.25, 0.3) is 0 Å². The van der Waals surface area contributed by atoms with Crippen LogP contribution in [0.4, 0.5) is 0 Å². The maximum Gasteiger partial charge on any atom is 0.185 e. The number of rotatable bonds is 2. The molecule has 1 saturated heterocycles. The maximum absolute atomic E-state index is 10.3. The van der Waals surface area contributed by atoms with E-state index in [0.717, 1.165) is 58.2 Å². The third-order valence-corrected chi connectivity index (χ3v) is 9.39. The van der Waals surface area contributed by atoms with E-state index in [2.05, 4.69) is 38.7 Å². The first-order valence-electron chi connectivity index (χ1n) is 11.5. The molecule has 4 aliphatic carbocycles. The molecule has 1 heterocycles. The van der Waals surface area contributed by atoms with Gasteiger partial charge >= 0.3 is 0 Å². The maximum atomic E-state index is 10.3. The van der Waals surface area contributed by atoms with Gasteiger partial charge in [0.05, 0.1) is 19.3 Å². The van der Waals surface area contributed by atoms with Crippen molar-refractivity contribution in [2.75, 3.05) is 13.2 Å². The van der Waals surface area contributed by atoms with Crippen molar-refractivity contribution in [3.63, 3.8) is 0 Å². The van der Waals surface area contributed by atoms with E-state index in [9.17, 15) is 5.26 Å². The van der Waals surface area contributed by atoms with Gasteiger partial charge in [-0.25, -0.2) is 0 Å². The van der Waals surface area contributed by atoms with Gasteiger partial charge in [0, 0.05) is 18.3 Å². The lowest BCUT2D eigenvalue weighted by atomic mass is 9.56. The van der Waals surface area contributed by atoms with E-state index < -0.39 is 13.9 Å². The van der Waals surface area contributed by atoms with Crippen LogP contribution >= 0.6 is 0 Å². The van der Waals surface area contributed by atoms with E-state index >= 15 is 0 Å². The van der Waals surface area contributed by atoms with Gasteiger partial charge in [0.15, 0.2) is 14.1 Å². The van der Waals surface area contributed by atoms with Crippen molar-refractivity contribution in [3.05, 3.63) is 22.8 Å². The third kappa shape index (κ3) is 2.94. The summed E-state index contributed by atoms with van der Waals surface area (Å²) >= 11 is 0. The quantitative estimate of drug-likeness (QED) is 0.563. The van der Waals surface area contributed by atoms with Crippen molar-refractivity contribution in [1.82, 2.24) is 0 Å². The number of fused-ring (bicyclic) bond motifs is 4. The molecule has 0 N–H and O–H groups in total. The Kier molecular flexibility index (Phi) is 4.50. The zero-order chi connectivity index (χ0) is 20.5. The Morgan fingerprint density at radius 1 is 1.14 bits per heavy atom. The summed E-state index contributed by atoms with van der Waals surface area (Å²) < 4.78 is 18.7. The highest BCUT2D eigenvalue weighted by Gasteiger charge is 2.63. The Morgan fingerprint density at radius 3 is 2.59 bits per heavy atom. The van der Waals surface area contributed by atoms with Gasteiger partial charge in [-0.1, -0.05) is 18.6 Å². The zero-order valence-electron chi connectivity index (χ0n) is 18.5. The molecule has 5 aliphatic rings. The number of ether oxygens (including phenoxy) is 2. The lowest BCUT2D eigenvalue weighted by Crippen LogP contribution is -2.53. The lowest BCUT2D eigenvalue weighted by Gasteiger charge is -2.51. The molecule has 4 atom stereocenters. The largest absolute Gasteiger partial charge is 0.399 e. The van der Waals surface area contributed by atoms with Crippen molar-refractivity contribution >= 4 is 8.32 Å². The Balaban J connectivity index is 1.47. The number of hydrogen-bond donors (Lipinski definition) is 0. The second-order valence-corrected chi connectivity index (χ2v) is 15.5. The van der Waals surface area contributed by atoms with Crippen molar-refractivity contribution in [1.29, 1.82) is 5.26 Å². The minimum absolute atomic E-state index is 0.0676. The molecule has 1 spiro atoms. The molecule has 0 aromatic rings. The monoisotopic (exact) mass is 413 g/mol. The molecule has 158 valence electrons. The van der Waals surface area contributed by atoms with Crippen LogP contribution in [0, 0.1) is 28.6 Å². The molecule has 29 heavy (non-hydrogen) atoms. The van der Waals surface area contributed by atoms with Gasteiger partial charge in [0.2, 0.25) is 0 Å². The highest BCUT2D eigenvalue weighted by atomic mass is 28.4. The minimum atomic E-state index is -1.81. The first-order valence-corrected chi connectivity index (χ1v) is 14.9. The van der Waals surface area contributed by atoms with E-state index in [-0.39, 0.29) is 11.2 Å². The summed E-state index contributed by atoms with van der Waals surface area (Å²) in [5, 5.41) is 10.3. The molecule has 0 radical (unpaired) electrons. The summed E-state index contributed by atoms with van der Waals surface area (Å²) in [4.78, 5) is 0. The van der Waals surface area contributed by atoms with E-state index in [0.29, 0.717) is 11.8 Å². The smallest absolute Gasteiger partial charge is 0.185 e. The lowest BCUT2D eigenvalue weighted by molar-refractivity contribution is -0.164. The first-order chi connectivity index (χ1) is 13.7. The van der Waals surface area contributed by atoms with Crippen LogP contribution in [0.5, 0.6) is 0 Å². The van der Waals surface area contributed by atoms with Crippen LogP contribution in [0.3, 0.4) is 0 Å². The second-order valence-electron chi connectivity index (χ2n) is 11.1. The summed E-state index contributed by atoms with van der Waals surface area (Å²) in [6.07, 6.45) is 10.9. The minimum Gasteiger partial charge on any atom is -0.399 e. The molecule has 5 heteroatoms. The van der Waals surface area contributed by atoms with Gasteiger partial charge < -0.3 is 13.9 Å². The molecule has 4 nitrogen and oxygen atoms in total. The van der Waals surface area contributed by atoms with Crippen LogP contribution < -0.4 is 0 Å². The predicted octanol–water partition coefficient (Wildman–Crippen LogP) is 5.48. The summed E-state index contributed by atoms with van der Waals surface area (Å²) in [7, 11) is -1.81. The van der Waals surface area contributed by atoms with Gasteiger partial charge in [-0.2, -0.15) is 5.26 Å². The fourth-order valence-electron chi connectivity index (χ4n) is 7.19. The Morgan fingerprint density at radius 2 is 1.90 bits per heavy atom. The number of nitrogens with zero attached hydrogens (tertiary/aromatic N) is 1. The molecule has 1 unspecified atom stereocenters. The van der Waals surface area contributed by atoms with Crippen LogP contribution in [0.2, 0.25) is 19.6 Å². The van der Waals surface area contributed by atoms with E-state index in [1.54, 1.807) is 16.7 Å². The molecule has 1 aliphatic heterocycles. The molecule has 5 rings (SSSR count). The number of allylic oxidation sites excluding steroid dienone is 3. The van der Waals surface area contributed by atoms with Crippen molar-refractivity contribution < 1.29 is 13.9 Å². The molecule has 2 fully saturated rings. The van der Waals surface area contributed by atoms with Crippen molar-refractivity contribution in [2.45, 2.75) is 89.3 Å². The fourth-order valence-corrected chi connectivity index (χ4v) is 8.61. The van der Waals surface area contributed by atoms with Gasteiger partial charge in [-0.15, -0.1) is 0 Å². The SMILES string of the molecule is C[C@]12CC=C3C4=C(CC[C@H]3[C@@H]1CCC2(C#N)O[Si](C)(C)C)CC1(CC4)OCCO1. The first kappa shape index (κ1) is 20.0. The van der Waals surface area contributed by atoms with Crippen molar-refractivity contribution in [2.24, 2.45) is 17.3 Å². The van der Waals surface area contributed by atoms with E-state index in [1.165, 1.54) is 6.42 Å². The summed E-state index contributed by atoms with van der Waals surface area (Å²) in [6, 6.07) is 2.70. The van der Waals surface area contributed by atoms with Gasteiger partial charge in [-0.05, 0) is 81.1 Å². The Bertz CT molecular complexity index is 813. The molecule has 0 amide bonds. The average molecular weight is 414 g/mol. The Labute approximate surface area is 176 Å². The highest BCUT2D eigenvalue weighted by Crippen LogP contribution is 2.64. The van der Waals surface area contributed by atoms with E-state index in [1.807, 2.05) is 0 Å². The average Bonchev–Trinajstić information content (AvgIpc) is 3.23. The summed E-state index contributed by atoms with van der Waals surface area (Å²) in [5.74, 6) is 0.819. The second kappa shape index (κ2) is 6.53. The number of nitriles is 1. The van der Waals surface area contributed by atoms with Gasteiger partial charge in [-0.3, -0.25) is 0 Å². The highest BCUT2D eigenvalue weighted by molar-refractivity contribution is 6.69. The van der Waals surface area contributed by atoms with Crippen LogP contribution in [-0.4, -0.2) is 32.9 Å². The normalized spacial score (nSPS) is 40.9. The summed E-state index contributed by atoms with van der Waals surface area (Å²) in [5.41, 5.74) is 4.10. The van der Waals surface area contributed by atoms with Crippen molar-refractivity contribution in [3.8, 4) is 6.07 Å². The van der Waals surface area contributed by atoms with Crippen LogP contribution in [0.15, 0.2) is 22.8 Å². The summed E-state index contributed by atoms with van der Waals surface area (Å²) in [6.45, 7) is 10.5. The molecule has 0 bridgehead atoms. The van der Waals surface area contributed by atoms with Crippen LogP contribution in [-0.2, 0) is 13.9 Å². The Hall–Kier alpha value is -0.933. The topological polar surface area (TPSA) is 51.5 Å².